The van der Waals surface area contributed by atoms with Gasteiger partial charge < -0.3 is 4.98 Å². The van der Waals surface area contributed by atoms with E-state index >= 15 is 0 Å². The van der Waals surface area contributed by atoms with Crippen molar-refractivity contribution in [3.05, 3.63) is 34.6 Å². The molecule has 1 aliphatic rings. The lowest BCUT2D eigenvalue weighted by atomic mass is 10.0. The number of aryl methyl sites for hydroxylation is 1. The standard InChI is InChI=1S/C15H20N4OS/c1-19-9-11(8-16-19)13-7-15(20)18-14(17-13)10-21-12-5-3-2-4-6-12/h7-9,12H,2-6,10H2,1H3,(H,17,18,20). The second-order valence-electron chi connectivity index (χ2n) is 5.55. The molecule has 1 N–H and O–H groups in total. The first-order valence-corrected chi connectivity index (χ1v) is 8.46. The van der Waals surface area contributed by atoms with Crippen LogP contribution in [0, 0.1) is 0 Å². The first kappa shape index (κ1) is 14.4. The van der Waals surface area contributed by atoms with E-state index in [1.807, 2.05) is 25.0 Å². The van der Waals surface area contributed by atoms with Crippen molar-refractivity contribution in [2.75, 3.05) is 0 Å². The molecule has 1 fully saturated rings. The molecule has 0 aliphatic heterocycles. The van der Waals surface area contributed by atoms with E-state index in [-0.39, 0.29) is 5.56 Å². The van der Waals surface area contributed by atoms with Gasteiger partial charge in [-0.2, -0.15) is 16.9 Å². The summed E-state index contributed by atoms with van der Waals surface area (Å²) in [6.07, 6.45) is 10.2. The summed E-state index contributed by atoms with van der Waals surface area (Å²) < 4.78 is 1.72. The highest BCUT2D eigenvalue weighted by atomic mass is 32.2. The van der Waals surface area contributed by atoms with Crippen LogP contribution in [0.25, 0.3) is 11.3 Å². The van der Waals surface area contributed by atoms with E-state index in [0.717, 1.165) is 17.1 Å². The van der Waals surface area contributed by atoms with Crippen LogP contribution in [0.1, 0.15) is 37.9 Å². The number of hydrogen-bond acceptors (Lipinski definition) is 4. The molecule has 0 spiro atoms. The Morgan fingerprint density at radius 2 is 2.19 bits per heavy atom. The van der Waals surface area contributed by atoms with Crippen molar-refractivity contribution in [1.29, 1.82) is 0 Å². The Kier molecular flexibility index (Phi) is 4.43. The van der Waals surface area contributed by atoms with Gasteiger partial charge in [-0.25, -0.2) is 4.98 Å². The third-order valence-electron chi connectivity index (χ3n) is 3.80. The van der Waals surface area contributed by atoms with E-state index in [0.29, 0.717) is 10.9 Å². The van der Waals surface area contributed by atoms with Crippen molar-refractivity contribution in [1.82, 2.24) is 19.7 Å². The molecular weight excluding hydrogens is 284 g/mol. The van der Waals surface area contributed by atoms with Crippen molar-refractivity contribution in [2.45, 2.75) is 43.1 Å². The number of aromatic amines is 1. The van der Waals surface area contributed by atoms with Crippen LogP contribution in [0.3, 0.4) is 0 Å². The van der Waals surface area contributed by atoms with Gasteiger partial charge in [0, 0.05) is 30.1 Å². The number of aromatic nitrogens is 4. The van der Waals surface area contributed by atoms with Gasteiger partial charge in [0.05, 0.1) is 17.6 Å². The van der Waals surface area contributed by atoms with Crippen LogP contribution < -0.4 is 5.56 Å². The van der Waals surface area contributed by atoms with Crippen molar-refractivity contribution < 1.29 is 0 Å². The average molecular weight is 304 g/mol. The first-order chi connectivity index (χ1) is 10.2. The molecule has 1 saturated carbocycles. The van der Waals surface area contributed by atoms with Crippen molar-refractivity contribution >= 4 is 11.8 Å². The van der Waals surface area contributed by atoms with Crippen molar-refractivity contribution in [2.24, 2.45) is 7.05 Å². The highest BCUT2D eigenvalue weighted by Crippen LogP contribution is 2.29. The number of nitrogens with zero attached hydrogens (tertiary/aromatic N) is 3. The Labute approximate surface area is 128 Å². The van der Waals surface area contributed by atoms with Crippen LogP contribution in [0.5, 0.6) is 0 Å². The molecule has 0 bridgehead atoms. The maximum atomic E-state index is 11.8. The molecule has 3 rings (SSSR count). The van der Waals surface area contributed by atoms with E-state index in [9.17, 15) is 4.79 Å². The summed E-state index contributed by atoms with van der Waals surface area (Å²) in [6.45, 7) is 0. The Morgan fingerprint density at radius 3 is 2.90 bits per heavy atom. The smallest absolute Gasteiger partial charge is 0.251 e. The maximum absolute atomic E-state index is 11.8. The highest BCUT2D eigenvalue weighted by Gasteiger charge is 2.14. The van der Waals surface area contributed by atoms with Crippen LogP contribution in [-0.2, 0) is 12.8 Å². The van der Waals surface area contributed by atoms with E-state index in [4.69, 9.17) is 0 Å². The Hall–Kier alpha value is -1.56. The molecule has 0 radical (unpaired) electrons. The molecule has 2 aromatic heterocycles. The van der Waals surface area contributed by atoms with Gasteiger partial charge in [0.2, 0.25) is 0 Å². The SMILES string of the molecule is Cn1cc(-c2cc(=O)[nH]c(CSC3CCCCC3)n2)cn1. The Balaban J connectivity index is 1.73. The Morgan fingerprint density at radius 1 is 1.38 bits per heavy atom. The van der Waals surface area contributed by atoms with Gasteiger partial charge in [-0.1, -0.05) is 19.3 Å². The highest BCUT2D eigenvalue weighted by molar-refractivity contribution is 7.99. The molecule has 112 valence electrons. The minimum absolute atomic E-state index is 0.0944. The van der Waals surface area contributed by atoms with Crippen molar-refractivity contribution in [3.8, 4) is 11.3 Å². The monoisotopic (exact) mass is 304 g/mol. The van der Waals surface area contributed by atoms with Crippen LogP contribution in [0.2, 0.25) is 0 Å². The first-order valence-electron chi connectivity index (χ1n) is 7.41. The molecule has 0 amide bonds. The summed E-state index contributed by atoms with van der Waals surface area (Å²) in [7, 11) is 1.86. The fourth-order valence-electron chi connectivity index (χ4n) is 2.71. The van der Waals surface area contributed by atoms with Crippen molar-refractivity contribution in [3.63, 3.8) is 0 Å². The molecule has 0 aromatic carbocycles. The van der Waals surface area contributed by atoms with E-state index in [1.165, 1.54) is 38.2 Å². The second-order valence-corrected chi connectivity index (χ2v) is 6.84. The second kappa shape index (κ2) is 6.47. The predicted molar refractivity (Wildman–Crippen MR) is 85.2 cm³/mol. The summed E-state index contributed by atoms with van der Waals surface area (Å²) >= 11 is 1.91. The third-order valence-corrected chi connectivity index (χ3v) is 5.18. The van der Waals surface area contributed by atoms with Gasteiger partial charge in [0.25, 0.3) is 5.56 Å². The molecule has 5 nitrogen and oxygen atoms in total. The van der Waals surface area contributed by atoms with Gasteiger partial charge in [0.1, 0.15) is 5.82 Å². The molecule has 2 aromatic rings. The lowest BCUT2D eigenvalue weighted by molar-refractivity contribution is 0.516. The number of nitrogens with one attached hydrogen (secondary N) is 1. The number of hydrogen-bond donors (Lipinski definition) is 1. The topological polar surface area (TPSA) is 63.6 Å². The molecule has 1 aliphatic carbocycles. The number of H-pyrrole nitrogens is 1. The molecule has 0 saturated heterocycles. The fraction of sp³-hybridized carbons (Fsp3) is 0.533. The summed E-state index contributed by atoms with van der Waals surface area (Å²) in [6, 6.07) is 1.53. The third kappa shape index (κ3) is 3.75. The van der Waals surface area contributed by atoms with Gasteiger partial charge in [-0.05, 0) is 12.8 Å². The molecule has 21 heavy (non-hydrogen) atoms. The van der Waals surface area contributed by atoms with Gasteiger partial charge in [-0.15, -0.1) is 0 Å². The number of rotatable bonds is 4. The van der Waals surface area contributed by atoms with Gasteiger partial charge in [0.15, 0.2) is 0 Å². The van der Waals surface area contributed by atoms with Crippen LogP contribution in [0.4, 0.5) is 0 Å². The van der Waals surface area contributed by atoms with Gasteiger partial charge in [-0.3, -0.25) is 9.48 Å². The normalized spacial score (nSPS) is 16.2. The zero-order valence-electron chi connectivity index (χ0n) is 12.2. The Bertz CT molecular complexity index is 658. The molecule has 2 heterocycles. The maximum Gasteiger partial charge on any atom is 0.251 e. The molecular formula is C15H20N4OS. The molecule has 0 atom stereocenters. The lowest BCUT2D eigenvalue weighted by Gasteiger charge is -2.20. The minimum Gasteiger partial charge on any atom is -0.310 e. The molecule has 0 unspecified atom stereocenters. The largest absolute Gasteiger partial charge is 0.310 e. The van der Waals surface area contributed by atoms with Crippen LogP contribution in [-0.4, -0.2) is 25.0 Å². The lowest BCUT2D eigenvalue weighted by Crippen LogP contribution is -2.13. The quantitative estimate of drug-likeness (QED) is 0.943. The predicted octanol–water partition coefficient (Wildman–Crippen LogP) is 2.74. The van der Waals surface area contributed by atoms with Crippen LogP contribution >= 0.6 is 11.8 Å². The summed E-state index contributed by atoms with van der Waals surface area (Å²) in [5.41, 5.74) is 1.49. The van der Waals surface area contributed by atoms with Gasteiger partial charge >= 0.3 is 0 Å². The summed E-state index contributed by atoms with van der Waals surface area (Å²) in [4.78, 5) is 19.2. The zero-order valence-corrected chi connectivity index (χ0v) is 13.0. The fourth-order valence-corrected chi connectivity index (χ4v) is 3.90. The van der Waals surface area contributed by atoms with E-state index in [2.05, 4.69) is 15.1 Å². The summed E-state index contributed by atoms with van der Waals surface area (Å²) in [5, 5.41) is 4.84. The number of thioether (sulfide) groups is 1. The van der Waals surface area contributed by atoms with E-state index in [1.54, 1.807) is 10.9 Å². The van der Waals surface area contributed by atoms with E-state index < -0.39 is 0 Å². The minimum atomic E-state index is -0.0944. The summed E-state index contributed by atoms with van der Waals surface area (Å²) in [5.74, 6) is 1.53. The average Bonchev–Trinajstić information content (AvgIpc) is 2.92. The van der Waals surface area contributed by atoms with Crippen LogP contribution in [0.15, 0.2) is 23.3 Å². The zero-order chi connectivity index (χ0) is 14.7. The molecule has 6 heteroatoms.